The highest BCUT2D eigenvalue weighted by Gasteiger charge is 2.33. The molecule has 0 unspecified atom stereocenters. The van der Waals surface area contributed by atoms with Gasteiger partial charge in [-0.25, -0.2) is 9.98 Å². The fourth-order valence-corrected chi connectivity index (χ4v) is 2.78. The number of hydrogen-bond acceptors (Lipinski definition) is 3. The summed E-state index contributed by atoms with van der Waals surface area (Å²) in [7, 11) is 1.89. The van der Waals surface area contributed by atoms with Crippen LogP contribution in [0.25, 0.3) is 0 Å². The third kappa shape index (κ3) is 6.81. The Morgan fingerprint density at radius 3 is 2.52 bits per heavy atom. The zero-order valence-electron chi connectivity index (χ0n) is 13.9. The Labute approximate surface area is 166 Å². The lowest BCUT2D eigenvalue weighted by atomic mass is 10.2. The summed E-state index contributed by atoms with van der Waals surface area (Å²) >= 11 is 0.968. The van der Waals surface area contributed by atoms with Gasteiger partial charge < -0.3 is 10.2 Å². The summed E-state index contributed by atoms with van der Waals surface area (Å²) in [6, 6.07) is 9.89. The van der Waals surface area contributed by atoms with Crippen molar-refractivity contribution >= 4 is 41.3 Å². The molecule has 2 aromatic rings. The third-order valence-electron chi connectivity index (χ3n) is 3.17. The van der Waals surface area contributed by atoms with E-state index in [4.69, 9.17) is 0 Å². The number of guanidine groups is 1. The van der Waals surface area contributed by atoms with Crippen molar-refractivity contribution in [1.29, 1.82) is 0 Å². The molecule has 1 heterocycles. The number of rotatable bonds is 5. The van der Waals surface area contributed by atoms with Crippen LogP contribution in [0.5, 0.6) is 0 Å². The molecular weight excluding hydrogens is 464 g/mol. The molecule has 138 valence electrons. The van der Waals surface area contributed by atoms with Gasteiger partial charge in [0.1, 0.15) is 5.01 Å². The van der Waals surface area contributed by atoms with E-state index in [0.29, 0.717) is 24.1 Å². The van der Waals surface area contributed by atoms with Gasteiger partial charge in [-0.2, -0.15) is 13.2 Å². The summed E-state index contributed by atoms with van der Waals surface area (Å²) in [4.78, 5) is 9.91. The molecule has 0 saturated carbocycles. The van der Waals surface area contributed by atoms with Gasteiger partial charge in [0, 0.05) is 25.5 Å². The van der Waals surface area contributed by atoms with Crippen molar-refractivity contribution < 1.29 is 13.2 Å². The third-order valence-corrected chi connectivity index (χ3v) is 4.00. The second-order valence-corrected chi connectivity index (χ2v) is 6.08. The van der Waals surface area contributed by atoms with Gasteiger partial charge in [-0.15, -0.1) is 35.3 Å². The van der Waals surface area contributed by atoms with Crippen LogP contribution in [-0.4, -0.2) is 29.4 Å². The molecule has 25 heavy (non-hydrogen) atoms. The van der Waals surface area contributed by atoms with Gasteiger partial charge in [-0.1, -0.05) is 30.3 Å². The molecule has 0 amide bonds. The number of nitrogens with one attached hydrogen (secondary N) is 1. The lowest BCUT2D eigenvalue weighted by Crippen LogP contribution is -2.38. The van der Waals surface area contributed by atoms with Gasteiger partial charge in [0.2, 0.25) is 0 Å². The fourth-order valence-electron chi connectivity index (χ4n) is 2.06. The van der Waals surface area contributed by atoms with E-state index in [9.17, 15) is 13.2 Å². The Morgan fingerprint density at radius 1 is 1.28 bits per heavy atom. The second kappa shape index (κ2) is 9.95. The van der Waals surface area contributed by atoms with Crippen LogP contribution in [0.4, 0.5) is 13.2 Å². The molecule has 9 heteroatoms. The van der Waals surface area contributed by atoms with Crippen LogP contribution in [0.1, 0.15) is 23.2 Å². The first-order valence-corrected chi connectivity index (χ1v) is 8.33. The highest BCUT2D eigenvalue weighted by Crippen LogP contribution is 2.30. The Bertz CT molecular complexity index is 674. The molecule has 0 aliphatic heterocycles. The molecule has 0 saturated heterocycles. The zero-order valence-corrected chi connectivity index (χ0v) is 17.0. The summed E-state index contributed by atoms with van der Waals surface area (Å²) in [6.45, 7) is 3.38. The largest absolute Gasteiger partial charge is 0.434 e. The topological polar surface area (TPSA) is 40.5 Å². The van der Waals surface area contributed by atoms with E-state index >= 15 is 0 Å². The molecule has 1 aromatic heterocycles. The maximum Gasteiger partial charge on any atom is 0.434 e. The van der Waals surface area contributed by atoms with Crippen molar-refractivity contribution in [2.24, 2.45) is 4.99 Å². The minimum atomic E-state index is -4.41. The first-order chi connectivity index (χ1) is 11.4. The van der Waals surface area contributed by atoms with E-state index in [1.54, 1.807) is 0 Å². The molecule has 0 radical (unpaired) electrons. The average Bonchev–Trinajstić information content (AvgIpc) is 3.01. The molecule has 2 rings (SSSR count). The van der Waals surface area contributed by atoms with E-state index < -0.39 is 11.9 Å². The average molecular weight is 484 g/mol. The van der Waals surface area contributed by atoms with Crippen molar-refractivity contribution in [3.8, 4) is 0 Å². The molecule has 4 nitrogen and oxygen atoms in total. The van der Waals surface area contributed by atoms with Crippen LogP contribution in [0.15, 0.2) is 40.7 Å². The van der Waals surface area contributed by atoms with Crippen LogP contribution in [-0.2, 0) is 19.3 Å². The van der Waals surface area contributed by atoms with E-state index in [-0.39, 0.29) is 30.5 Å². The number of aliphatic imine (C=N–C) groups is 1. The predicted octanol–water partition coefficient (Wildman–Crippen LogP) is 4.38. The normalized spacial score (nSPS) is 11.8. The molecule has 0 spiro atoms. The molecule has 0 atom stereocenters. The van der Waals surface area contributed by atoms with E-state index in [0.717, 1.165) is 22.3 Å². The summed E-state index contributed by atoms with van der Waals surface area (Å²) in [5.74, 6) is 0.630. The van der Waals surface area contributed by atoms with Gasteiger partial charge in [-0.3, -0.25) is 0 Å². The number of alkyl halides is 3. The van der Waals surface area contributed by atoms with Crippen molar-refractivity contribution in [3.63, 3.8) is 0 Å². The number of aromatic nitrogens is 1. The molecular formula is C16H20F3IN4S. The summed E-state index contributed by atoms with van der Waals surface area (Å²) in [5, 5.41) is 4.50. The van der Waals surface area contributed by atoms with Crippen LogP contribution in [0, 0.1) is 0 Å². The van der Waals surface area contributed by atoms with Gasteiger partial charge in [-0.05, 0) is 12.5 Å². The Morgan fingerprint density at radius 2 is 1.96 bits per heavy atom. The van der Waals surface area contributed by atoms with Gasteiger partial charge in [0.25, 0.3) is 0 Å². The lowest BCUT2D eigenvalue weighted by Gasteiger charge is -2.22. The van der Waals surface area contributed by atoms with Crippen LogP contribution < -0.4 is 5.32 Å². The Hall–Kier alpha value is -1.36. The SMILES string of the molecule is CCNC(=NCc1nc(C(F)(F)F)cs1)N(C)Cc1ccccc1.I. The number of benzene rings is 1. The van der Waals surface area contributed by atoms with Crippen molar-refractivity contribution in [1.82, 2.24) is 15.2 Å². The molecule has 0 bridgehead atoms. The first kappa shape index (κ1) is 21.7. The molecule has 1 aromatic carbocycles. The minimum absolute atomic E-state index is 0. The number of thiazole rings is 1. The number of hydrogen-bond donors (Lipinski definition) is 1. The van der Waals surface area contributed by atoms with E-state index in [1.165, 1.54) is 0 Å². The quantitative estimate of drug-likeness (QED) is 0.389. The molecule has 0 aliphatic rings. The van der Waals surface area contributed by atoms with Crippen molar-refractivity contribution in [3.05, 3.63) is 52.0 Å². The smallest absolute Gasteiger partial charge is 0.357 e. The molecule has 1 N–H and O–H groups in total. The van der Waals surface area contributed by atoms with Crippen LogP contribution in [0.2, 0.25) is 0 Å². The van der Waals surface area contributed by atoms with Crippen LogP contribution in [0.3, 0.4) is 0 Å². The molecule has 0 fully saturated rings. The summed E-state index contributed by atoms with van der Waals surface area (Å²) in [5.41, 5.74) is 0.263. The maximum absolute atomic E-state index is 12.6. The van der Waals surface area contributed by atoms with Gasteiger partial charge in [0.15, 0.2) is 11.7 Å². The zero-order chi connectivity index (χ0) is 17.6. The van der Waals surface area contributed by atoms with E-state index in [1.807, 2.05) is 49.2 Å². The second-order valence-electron chi connectivity index (χ2n) is 5.14. The summed E-state index contributed by atoms with van der Waals surface area (Å²) in [6.07, 6.45) is -4.41. The Kier molecular flexibility index (Phi) is 8.63. The van der Waals surface area contributed by atoms with Crippen LogP contribution >= 0.6 is 35.3 Å². The highest BCUT2D eigenvalue weighted by atomic mass is 127. The summed E-state index contributed by atoms with van der Waals surface area (Å²) < 4.78 is 37.7. The van der Waals surface area contributed by atoms with Crippen molar-refractivity contribution in [2.45, 2.75) is 26.2 Å². The Balaban J connectivity index is 0.00000312. The molecule has 0 aliphatic carbocycles. The lowest BCUT2D eigenvalue weighted by molar-refractivity contribution is -0.140. The van der Waals surface area contributed by atoms with Gasteiger partial charge >= 0.3 is 6.18 Å². The van der Waals surface area contributed by atoms with Gasteiger partial charge in [0.05, 0.1) is 6.54 Å². The highest BCUT2D eigenvalue weighted by molar-refractivity contribution is 14.0. The first-order valence-electron chi connectivity index (χ1n) is 7.45. The monoisotopic (exact) mass is 484 g/mol. The standard InChI is InChI=1S/C16H19F3N4S.HI/c1-3-20-15(23(2)10-12-7-5-4-6-8-12)21-9-14-22-13(11-24-14)16(17,18)19;/h4-8,11H,3,9-10H2,1-2H3,(H,20,21);1H. The number of nitrogens with zero attached hydrogens (tertiary/aromatic N) is 3. The maximum atomic E-state index is 12.6. The predicted molar refractivity (Wildman–Crippen MR) is 105 cm³/mol. The van der Waals surface area contributed by atoms with Crippen molar-refractivity contribution in [2.75, 3.05) is 13.6 Å². The fraction of sp³-hybridized carbons (Fsp3) is 0.375. The minimum Gasteiger partial charge on any atom is -0.357 e. The van der Waals surface area contributed by atoms with E-state index in [2.05, 4.69) is 15.3 Å². The number of halogens is 4.